The van der Waals surface area contributed by atoms with Gasteiger partial charge in [0, 0.05) is 5.69 Å². The van der Waals surface area contributed by atoms with E-state index in [0.29, 0.717) is 10.7 Å². The molecule has 0 saturated carbocycles. The van der Waals surface area contributed by atoms with E-state index in [1.807, 2.05) is 42.5 Å². The Balaban J connectivity index is 1.90. The molecule has 0 saturated heterocycles. The number of rotatable bonds is 5. The van der Waals surface area contributed by atoms with Crippen LogP contribution in [-0.4, -0.2) is 4.05 Å². The average molecular weight is 353 g/mol. The van der Waals surface area contributed by atoms with Crippen molar-refractivity contribution < 1.29 is 4.74 Å². The van der Waals surface area contributed by atoms with E-state index < -0.39 is 0 Å². The second kappa shape index (κ2) is 6.64. The van der Waals surface area contributed by atoms with Gasteiger partial charge in [-0.1, -0.05) is 52.9 Å². The van der Waals surface area contributed by atoms with Crippen molar-refractivity contribution >= 4 is 28.3 Å². The molecule has 0 heterocycles. The minimum absolute atomic E-state index is 0.415. The maximum atomic E-state index is 5.72. The van der Waals surface area contributed by atoms with Crippen LogP contribution in [0.4, 0.5) is 5.69 Å². The van der Waals surface area contributed by atoms with Crippen molar-refractivity contribution in [3.8, 4) is 5.75 Å². The van der Waals surface area contributed by atoms with E-state index in [1.165, 1.54) is 5.56 Å². The van der Waals surface area contributed by atoms with Gasteiger partial charge in [0.15, 0.2) is 0 Å². The normalized spacial score (nSPS) is 11.9. The first-order valence-corrected chi connectivity index (χ1v) is 7.16. The molecule has 2 rings (SSSR count). The standard InChI is InChI=1S/C15H16INO/c1-12(16)17-14-7-9-15(10-8-14)18-11-13-5-3-2-4-6-13/h2-10,12,17H,11H2,1H3. The predicted octanol–water partition coefficient (Wildman–Crippen LogP) is 4.46. The molecule has 1 atom stereocenters. The van der Waals surface area contributed by atoms with Gasteiger partial charge >= 0.3 is 0 Å². The van der Waals surface area contributed by atoms with E-state index in [4.69, 9.17) is 4.74 Å². The molecule has 1 N–H and O–H groups in total. The van der Waals surface area contributed by atoms with Crippen molar-refractivity contribution in [1.29, 1.82) is 0 Å². The summed E-state index contributed by atoms with van der Waals surface area (Å²) in [7, 11) is 0. The Kier molecular flexibility index (Phi) is 4.87. The zero-order valence-corrected chi connectivity index (χ0v) is 12.4. The van der Waals surface area contributed by atoms with Gasteiger partial charge in [0.25, 0.3) is 0 Å². The molecule has 0 bridgehead atoms. The van der Waals surface area contributed by atoms with E-state index in [-0.39, 0.29) is 0 Å². The third-order valence-electron chi connectivity index (χ3n) is 2.47. The second-order valence-corrected chi connectivity index (χ2v) is 5.93. The molecule has 0 fully saturated rings. The van der Waals surface area contributed by atoms with Crippen LogP contribution in [0.1, 0.15) is 12.5 Å². The highest BCUT2D eigenvalue weighted by molar-refractivity contribution is 14.1. The highest BCUT2D eigenvalue weighted by Crippen LogP contribution is 2.18. The molecular formula is C15H16INO. The monoisotopic (exact) mass is 353 g/mol. The molecule has 2 aromatic carbocycles. The Morgan fingerprint density at radius 1 is 1.06 bits per heavy atom. The first kappa shape index (κ1) is 13.2. The van der Waals surface area contributed by atoms with Crippen molar-refractivity contribution in [3.05, 3.63) is 60.2 Å². The minimum atomic E-state index is 0.415. The number of hydrogen-bond donors (Lipinski definition) is 1. The zero-order valence-electron chi connectivity index (χ0n) is 10.3. The fourth-order valence-corrected chi connectivity index (χ4v) is 1.98. The molecule has 0 radical (unpaired) electrons. The highest BCUT2D eigenvalue weighted by atomic mass is 127. The van der Waals surface area contributed by atoms with Gasteiger partial charge in [-0.15, -0.1) is 0 Å². The molecule has 0 aromatic heterocycles. The zero-order chi connectivity index (χ0) is 12.8. The molecule has 3 heteroatoms. The van der Waals surface area contributed by atoms with E-state index in [9.17, 15) is 0 Å². The van der Waals surface area contributed by atoms with Gasteiger partial charge in [-0.05, 0) is 36.8 Å². The topological polar surface area (TPSA) is 21.3 Å². The van der Waals surface area contributed by atoms with Crippen LogP contribution in [0.25, 0.3) is 0 Å². The summed E-state index contributed by atoms with van der Waals surface area (Å²) in [5.41, 5.74) is 2.30. The maximum Gasteiger partial charge on any atom is 0.119 e. The average Bonchev–Trinajstić information content (AvgIpc) is 2.38. The molecule has 0 aliphatic carbocycles. The van der Waals surface area contributed by atoms with E-state index in [0.717, 1.165) is 11.4 Å². The summed E-state index contributed by atoms with van der Waals surface area (Å²) < 4.78 is 6.14. The fourth-order valence-electron chi connectivity index (χ4n) is 1.62. The molecule has 2 aromatic rings. The van der Waals surface area contributed by atoms with Gasteiger partial charge in [0.05, 0.1) is 4.05 Å². The first-order chi connectivity index (χ1) is 8.74. The lowest BCUT2D eigenvalue weighted by Crippen LogP contribution is -2.05. The number of benzene rings is 2. The number of alkyl halides is 1. The highest BCUT2D eigenvalue weighted by Gasteiger charge is 1.98. The molecule has 0 aliphatic rings. The summed E-state index contributed by atoms with van der Waals surface area (Å²) >= 11 is 2.34. The number of hydrogen-bond acceptors (Lipinski definition) is 2. The summed E-state index contributed by atoms with van der Waals surface area (Å²) in [5.74, 6) is 0.894. The Bertz CT molecular complexity index is 468. The third-order valence-corrected chi connectivity index (χ3v) is 2.78. The lowest BCUT2D eigenvalue weighted by molar-refractivity contribution is 0.306. The quantitative estimate of drug-likeness (QED) is 0.487. The number of ether oxygens (including phenoxy) is 1. The van der Waals surface area contributed by atoms with Gasteiger partial charge in [0.1, 0.15) is 12.4 Å². The molecule has 0 amide bonds. The van der Waals surface area contributed by atoms with Crippen molar-refractivity contribution in [2.75, 3.05) is 5.32 Å². The van der Waals surface area contributed by atoms with Crippen molar-refractivity contribution in [2.45, 2.75) is 17.6 Å². The van der Waals surface area contributed by atoms with Crippen LogP contribution >= 0.6 is 22.6 Å². The Morgan fingerprint density at radius 3 is 2.33 bits per heavy atom. The number of nitrogens with one attached hydrogen (secondary N) is 1. The smallest absolute Gasteiger partial charge is 0.119 e. The van der Waals surface area contributed by atoms with Crippen LogP contribution in [0, 0.1) is 0 Å². The fraction of sp³-hybridized carbons (Fsp3) is 0.200. The molecule has 18 heavy (non-hydrogen) atoms. The Labute approximate surface area is 122 Å². The summed E-state index contributed by atoms with van der Waals surface area (Å²) in [4.78, 5) is 0. The van der Waals surface area contributed by atoms with E-state index >= 15 is 0 Å². The van der Waals surface area contributed by atoms with Crippen molar-refractivity contribution in [1.82, 2.24) is 0 Å². The molecule has 1 unspecified atom stereocenters. The van der Waals surface area contributed by atoms with Crippen LogP contribution < -0.4 is 10.1 Å². The minimum Gasteiger partial charge on any atom is -0.489 e. The number of anilines is 1. The molecular weight excluding hydrogens is 337 g/mol. The Hall–Kier alpha value is -1.23. The lowest BCUT2D eigenvalue weighted by atomic mass is 10.2. The molecule has 0 spiro atoms. The van der Waals surface area contributed by atoms with Crippen LogP contribution in [0.3, 0.4) is 0 Å². The van der Waals surface area contributed by atoms with Gasteiger partial charge in [-0.3, -0.25) is 0 Å². The largest absolute Gasteiger partial charge is 0.489 e. The predicted molar refractivity (Wildman–Crippen MR) is 84.3 cm³/mol. The summed E-state index contributed by atoms with van der Waals surface area (Å²) in [6.07, 6.45) is 0. The summed E-state index contributed by atoms with van der Waals surface area (Å²) in [6, 6.07) is 18.2. The molecule has 94 valence electrons. The first-order valence-electron chi connectivity index (χ1n) is 5.91. The van der Waals surface area contributed by atoms with Gasteiger partial charge < -0.3 is 10.1 Å². The lowest BCUT2D eigenvalue weighted by Gasteiger charge is -2.10. The summed E-state index contributed by atoms with van der Waals surface area (Å²) in [5, 5.41) is 3.34. The van der Waals surface area contributed by atoms with Crippen LogP contribution in [0.5, 0.6) is 5.75 Å². The van der Waals surface area contributed by atoms with E-state index in [1.54, 1.807) is 0 Å². The van der Waals surface area contributed by atoms with Crippen LogP contribution in [0.2, 0.25) is 0 Å². The van der Waals surface area contributed by atoms with Gasteiger partial charge in [-0.25, -0.2) is 0 Å². The molecule has 2 nitrogen and oxygen atoms in total. The summed E-state index contributed by atoms with van der Waals surface area (Å²) in [6.45, 7) is 2.72. The number of halogens is 1. The van der Waals surface area contributed by atoms with Gasteiger partial charge in [-0.2, -0.15) is 0 Å². The third kappa shape index (κ3) is 4.22. The Morgan fingerprint density at radius 2 is 1.72 bits per heavy atom. The van der Waals surface area contributed by atoms with Gasteiger partial charge in [0.2, 0.25) is 0 Å². The van der Waals surface area contributed by atoms with Crippen LogP contribution in [0.15, 0.2) is 54.6 Å². The van der Waals surface area contributed by atoms with Crippen LogP contribution in [-0.2, 0) is 6.61 Å². The molecule has 0 aliphatic heterocycles. The SMILES string of the molecule is CC(I)Nc1ccc(OCc2ccccc2)cc1. The second-order valence-electron chi connectivity index (χ2n) is 4.06. The van der Waals surface area contributed by atoms with Crippen molar-refractivity contribution in [3.63, 3.8) is 0 Å². The van der Waals surface area contributed by atoms with Crippen molar-refractivity contribution in [2.24, 2.45) is 0 Å². The maximum absolute atomic E-state index is 5.72. The van der Waals surface area contributed by atoms with E-state index in [2.05, 4.69) is 47.0 Å².